The first-order valence-corrected chi connectivity index (χ1v) is 11.6. The third-order valence-corrected chi connectivity index (χ3v) is 7.88. The molecule has 28 heavy (non-hydrogen) atoms. The second-order valence-electron chi connectivity index (χ2n) is 9.39. The summed E-state index contributed by atoms with van der Waals surface area (Å²) in [5.74, 6) is 0. The molecule has 2 nitrogen and oxygen atoms in total. The van der Waals surface area contributed by atoms with Crippen LogP contribution in [0.2, 0.25) is 0 Å². The van der Waals surface area contributed by atoms with Crippen LogP contribution in [0.4, 0.5) is 5.69 Å². The SMILES string of the molecule is c1ccc(N(CCC2CCCC[N+]23CCCC3)C2Cc3ccccc3C2)cc1. The van der Waals surface area contributed by atoms with Crippen molar-refractivity contribution in [1.82, 2.24) is 0 Å². The van der Waals surface area contributed by atoms with Crippen molar-refractivity contribution in [3.05, 3.63) is 65.7 Å². The first-order valence-electron chi connectivity index (χ1n) is 11.6. The molecule has 3 aliphatic rings. The van der Waals surface area contributed by atoms with Gasteiger partial charge in [-0.05, 0) is 55.4 Å². The minimum atomic E-state index is 0.621. The van der Waals surface area contributed by atoms with E-state index in [-0.39, 0.29) is 0 Å². The normalized spacial score (nSPS) is 23.8. The molecule has 2 saturated heterocycles. The molecule has 1 unspecified atom stereocenters. The molecule has 0 bridgehead atoms. The maximum Gasteiger partial charge on any atom is 0.0907 e. The van der Waals surface area contributed by atoms with Gasteiger partial charge in [-0.3, -0.25) is 0 Å². The number of piperidine rings is 1. The number of fused-ring (bicyclic) bond motifs is 1. The number of quaternary nitrogens is 1. The molecule has 2 fully saturated rings. The van der Waals surface area contributed by atoms with Gasteiger partial charge in [-0.15, -0.1) is 0 Å². The summed E-state index contributed by atoms with van der Waals surface area (Å²) >= 11 is 0. The molecular formula is C26H35N2+. The van der Waals surface area contributed by atoms with Crippen molar-refractivity contribution in [2.45, 2.75) is 63.5 Å². The van der Waals surface area contributed by atoms with Crippen molar-refractivity contribution >= 4 is 5.69 Å². The van der Waals surface area contributed by atoms with Crippen molar-refractivity contribution in [3.8, 4) is 0 Å². The Morgan fingerprint density at radius 2 is 1.36 bits per heavy atom. The Bertz CT molecular complexity index is 753. The van der Waals surface area contributed by atoms with Gasteiger partial charge < -0.3 is 9.38 Å². The summed E-state index contributed by atoms with van der Waals surface area (Å²) < 4.78 is 1.45. The second-order valence-corrected chi connectivity index (χ2v) is 9.39. The van der Waals surface area contributed by atoms with Crippen LogP contribution in [0.15, 0.2) is 54.6 Å². The van der Waals surface area contributed by atoms with Crippen molar-refractivity contribution in [3.63, 3.8) is 0 Å². The third kappa shape index (κ3) is 3.48. The minimum Gasteiger partial charge on any atom is -0.368 e. The predicted octanol–water partition coefficient (Wildman–Crippen LogP) is 5.21. The molecule has 1 spiro atoms. The van der Waals surface area contributed by atoms with Crippen LogP contribution in [0.25, 0.3) is 0 Å². The lowest BCUT2D eigenvalue weighted by atomic mass is 9.95. The van der Waals surface area contributed by atoms with E-state index < -0.39 is 0 Å². The van der Waals surface area contributed by atoms with E-state index in [4.69, 9.17) is 0 Å². The summed E-state index contributed by atoms with van der Waals surface area (Å²) in [4.78, 5) is 2.75. The zero-order valence-corrected chi connectivity index (χ0v) is 17.2. The highest BCUT2D eigenvalue weighted by molar-refractivity contribution is 5.49. The Balaban J connectivity index is 1.34. The molecule has 0 amide bonds. The molecule has 1 atom stereocenters. The quantitative estimate of drug-likeness (QED) is 0.648. The highest BCUT2D eigenvalue weighted by atomic mass is 15.4. The lowest BCUT2D eigenvalue weighted by Gasteiger charge is -2.46. The minimum absolute atomic E-state index is 0.621. The van der Waals surface area contributed by atoms with E-state index in [0.717, 1.165) is 6.04 Å². The maximum absolute atomic E-state index is 2.75. The van der Waals surface area contributed by atoms with E-state index in [0.29, 0.717) is 6.04 Å². The molecule has 2 heterocycles. The summed E-state index contributed by atoms with van der Waals surface area (Å²) in [5, 5.41) is 0. The lowest BCUT2D eigenvalue weighted by molar-refractivity contribution is -0.945. The second kappa shape index (κ2) is 7.91. The van der Waals surface area contributed by atoms with Crippen LogP contribution in [0, 0.1) is 0 Å². The first-order chi connectivity index (χ1) is 13.8. The standard InChI is InChI=1S/C26H35N2/c1-2-12-24(13-3-1)27(25-20-22-10-4-5-11-23(22)21-25)16-15-26-14-6-7-17-28(26)18-8-9-19-28/h1-5,10-13,25-26H,6-9,14-21H2/q+1. The van der Waals surface area contributed by atoms with E-state index in [9.17, 15) is 0 Å². The average Bonchev–Trinajstić information content (AvgIpc) is 3.38. The van der Waals surface area contributed by atoms with Crippen LogP contribution in [0.5, 0.6) is 0 Å². The maximum atomic E-state index is 2.75. The fourth-order valence-corrected chi connectivity index (χ4v) is 6.42. The molecule has 0 aromatic heterocycles. The Morgan fingerprint density at radius 3 is 2.04 bits per heavy atom. The summed E-state index contributed by atoms with van der Waals surface area (Å²) in [5.41, 5.74) is 4.55. The molecule has 0 N–H and O–H groups in total. The van der Waals surface area contributed by atoms with Gasteiger partial charge in [0.1, 0.15) is 0 Å². The Hall–Kier alpha value is -1.80. The van der Waals surface area contributed by atoms with Gasteiger partial charge in [-0.2, -0.15) is 0 Å². The van der Waals surface area contributed by atoms with E-state index >= 15 is 0 Å². The van der Waals surface area contributed by atoms with Gasteiger partial charge in [0, 0.05) is 37.5 Å². The number of nitrogens with zero attached hydrogens (tertiary/aromatic N) is 2. The summed E-state index contributed by atoms with van der Waals surface area (Å²) in [6.07, 6.45) is 11.0. The molecule has 2 aliphatic heterocycles. The zero-order valence-electron chi connectivity index (χ0n) is 17.2. The predicted molar refractivity (Wildman–Crippen MR) is 118 cm³/mol. The highest BCUT2D eigenvalue weighted by Gasteiger charge is 2.41. The average molecular weight is 376 g/mol. The van der Waals surface area contributed by atoms with Gasteiger partial charge in [0.25, 0.3) is 0 Å². The van der Waals surface area contributed by atoms with Crippen LogP contribution in [0.3, 0.4) is 0 Å². The van der Waals surface area contributed by atoms with Crippen LogP contribution in [-0.4, -0.2) is 42.7 Å². The molecule has 2 heteroatoms. The van der Waals surface area contributed by atoms with Gasteiger partial charge in [-0.25, -0.2) is 0 Å². The smallest absolute Gasteiger partial charge is 0.0907 e. The summed E-state index contributed by atoms with van der Waals surface area (Å²) in [7, 11) is 0. The molecule has 0 radical (unpaired) electrons. The van der Waals surface area contributed by atoms with Gasteiger partial charge in [0.05, 0.1) is 25.7 Å². The van der Waals surface area contributed by atoms with Crippen LogP contribution < -0.4 is 4.90 Å². The topological polar surface area (TPSA) is 3.24 Å². The van der Waals surface area contributed by atoms with Crippen molar-refractivity contribution in [1.29, 1.82) is 0 Å². The van der Waals surface area contributed by atoms with Crippen molar-refractivity contribution < 1.29 is 4.48 Å². The molecule has 148 valence electrons. The fraction of sp³-hybridized carbons (Fsp3) is 0.538. The van der Waals surface area contributed by atoms with E-state index in [1.165, 1.54) is 87.7 Å². The van der Waals surface area contributed by atoms with Crippen LogP contribution in [0.1, 0.15) is 49.7 Å². The van der Waals surface area contributed by atoms with Crippen molar-refractivity contribution in [2.75, 3.05) is 31.1 Å². The molecular weight excluding hydrogens is 340 g/mol. The number of para-hydroxylation sites is 1. The zero-order chi connectivity index (χ0) is 18.8. The number of benzene rings is 2. The largest absolute Gasteiger partial charge is 0.368 e. The Kier molecular flexibility index (Phi) is 5.15. The molecule has 1 aliphatic carbocycles. The molecule has 0 saturated carbocycles. The molecule has 5 rings (SSSR count). The Labute approximate surface area is 170 Å². The summed E-state index contributed by atoms with van der Waals surface area (Å²) in [6, 6.07) is 21.8. The number of anilines is 1. The number of hydrogen-bond donors (Lipinski definition) is 0. The van der Waals surface area contributed by atoms with Gasteiger partial charge in [0.15, 0.2) is 0 Å². The van der Waals surface area contributed by atoms with E-state index in [1.54, 1.807) is 11.1 Å². The molecule has 2 aromatic rings. The van der Waals surface area contributed by atoms with Crippen LogP contribution in [-0.2, 0) is 12.8 Å². The number of hydrogen-bond acceptors (Lipinski definition) is 1. The monoisotopic (exact) mass is 375 g/mol. The highest BCUT2D eigenvalue weighted by Crippen LogP contribution is 2.35. The Morgan fingerprint density at radius 1 is 0.750 bits per heavy atom. The van der Waals surface area contributed by atoms with E-state index in [2.05, 4.69) is 59.5 Å². The van der Waals surface area contributed by atoms with Crippen LogP contribution >= 0.6 is 0 Å². The molecule has 2 aromatic carbocycles. The van der Waals surface area contributed by atoms with Gasteiger partial charge in [0.2, 0.25) is 0 Å². The third-order valence-electron chi connectivity index (χ3n) is 7.88. The van der Waals surface area contributed by atoms with Gasteiger partial charge in [-0.1, -0.05) is 42.5 Å². The van der Waals surface area contributed by atoms with Crippen molar-refractivity contribution in [2.24, 2.45) is 0 Å². The summed E-state index contributed by atoms with van der Waals surface area (Å²) in [6.45, 7) is 5.56. The van der Waals surface area contributed by atoms with Gasteiger partial charge >= 0.3 is 0 Å². The first kappa shape index (κ1) is 18.2. The fourth-order valence-electron chi connectivity index (χ4n) is 6.42. The lowest BCUT2D eigenvalue weighted by Crippen LogP contribution is -2.57. The van der Waals surface area contributed by atoms with E-state index in [1.807, 2.05) is 0 Å². The number of rotatable bonds is 5.